The van der Waals surface area contributed by atoms with Crippen molar-refractivity contribution >= 4 is 33.9 Å². The number of benzene rings is 2. The first-order valence-corrected chi connectivity index (χ1v) is 7.65. The fourth-order valence-corrected chi connectivity index (χ4v) is 2.62. The van der Waals surface area contributed by atoms with Gasteiger partial charge in [-0.2, -0.15) is 0 Å². The fourth-order valence-electron chi connectivity index (χ4n) is 2.45. The lowest BCUT2D eigenvalue weighted by molar-refractivity contribution is -0.354. The number of pyridine rings is 1. The Hall–Kier alpha value is -1.97. The Morgan fingerprint density at radius 1 is 1.09 bits per heavy atom. The van der Waals surface area contributed by atoms with E-state index in [0.29, 0.717) is 6.61 Å². The van der Waals surface area contributed by atoms with Crippen LogP contribution in [0.5, 0.6) is 5.75 Å². The molecule has 0 unspecified atom stereocenters. The van der Waals surface area contributed by atoms with Crippen LogP contribution in [0.15, 0.2) is 48.5 Å². The van der Waals surface area contributed by atoms with Gasteiger partial charge >= 0.3 is 0 Å². The van der Waals surface area contributed by atoms with Gasteiger partial charge in [0.1, 0.15) is 5.75 Å². The number of ether oxygens (including phenoxy) is 1. The maximum absolute atomic E-state index is 6.13. The molecule has 0 bridgehead atoms. The Balaban J connectivity index is 0.00000192. The lowest BCUT2D eigenvalue weighted by atomic mass is 10.1. The largest absolute Gasteiger partial charge is 1.00 e. The lowest BCUT2D eigenvalue weighted by Crippen LogP contribution is -3.00. The van der Waals surface area contributed by atoms with Gasteiger partial charge in [0.05, 0.1) is 17.7 Å². The summed E-state index contributed by atoms with van der Waals surface area (Å²) in [6.07, 6.45) is 0. The minimum atomic E-state index is 0. The van der Waals surface area contributed by atoms with Crippen LogP contribution in [0.25, 0.3) is 10.9 Å². The van der Waals surface area contributed by atoms with Crippen LogP contribution >= 0.6 is 11.6 Å². The van der Waals surface area contributed by atoms with Gasteiger partial charge in [0, 0.05) is 29.8 Å². The number of anilines is 2. The number of hydrogen-bond donors (Lipinski definition) is 1. The molecule has 1 heterocycles. The first-order chi connectivity index (χ1) is 10.7. The van der Waals surface area contributed by atoms with E-state index in [-0.39, 0.29) is 12.4 Å². The maximum atomic E-state index is 6.13. The molecule has 3 aromatic rings. The molecule has 0 aliphatic rings. The number of halogens is 2. The van der Waals surface area contributed by atoms with Gasteiger partial charge in [0.2, 0.25) is 5.52 Å². The number of aromatic nitrogens is 1. The molecule has 0 saturated carbocycles. The molecule has 3 nitrogen and oxygen atoms in total. The Bertz CT molecular complexity index is 804. The summed E-state index contributed by atoms with van der Waals surface area (Å²) < 4.78 is 5.47. The van der Waals surface area contributed by atoms with Gasteiger partial charge in [0.15, 0.2) is 5.69 Å². The van der Waals surface area contributed by atoms with E-state index < -0.39 is 0 Å². The molecule has 23 heavy (non-hydrogen) atoms. The number of rotatable bonds is 4. The molecule has 0 radical (unpaired) electrons. The molecule has 0 atom stereocenters. The third-order valence-corrected chi connectivity index (χ3v) is 3.64. The molecule has 2 N–H and O–H groups in total. The Kier molecular flexibility index (Phi) is 5.69. The van der Waals surface area contributed by atoms with E-state index in [1.54, 1.807) is 0 Å². The summed E-state index contributed by atoms with van der Waals surface area (Å²) in [6, 6.07) is 15.9. The molecular weight excluding hydrogens is 331 g/mol. The second-order valence-corrected chi connectivity index (χ2v) is 5.57. The number of nitrogens with one attached hydrogen (secondary N) is 2. The molecule has 2 aromatic carbocycles. The van der Waals surface area contributed by atoms with E-state index in [1.807, 2.05) is 56.3 Å². The summed E-state index contributed by atoms with van der Waals surface area (Å²) in [5.41, 5.74) is 4.18. The topological polar surface area (TPSA) is 35.4 Å². The predicted octanol–water partition coefficient (Wildman–Crippen LogP) is 1.76. The number of aromatic amines is 1. The normalized spacial score (nSPS) is 10.2. The van der Waals surface area contributed by atoms with Gasteiger partial charge in [-0.1, -0.05) is 11.6 Å². The molecule has 0 spiro atoms. The maximum Gasteiger partial charge on any atom is 0.213 e. The Morgan fingerprint density at radius 3 is 2.52 bits per heavy atom. The van der Waals surface area contributed by atoms with Crippen molar-refractivity contribution in [3.05, 3.63) is 59.2 Å². The van der Waals surface area contributed by atoms with Crippen LogP contribution in [0, 0.1) is 6.92 Å². The van der Waals surface area contributed by atoms with Crippen molar-refractivity contribution < 1.29 is 22.1 Å². The van der Waals surface area contributed by atoms with E-state index >= 15 is 0 Å². The summed E-state index contributed by atoms with van der Waals surface area (Å²) in [7, 11) is 0. The predicted molar refractivity (Wildman–Crippen MR) is 91.1 cm³/mol. The third-order valence-electron chi connectivity index (χ3n) is 3.41. The highest BCUT2D eigenvalue weighted by molar-refractivity contribution is 6.31. The zero-order valence-electron chi connectivity index (χ0n) is 13.0. The lowest BCUT2D eigenvalue weighted by Gasteiger charge is -2.10. The van der Waals surface area contributed by atoms with E-state index in [2.05, 4.69) is 16.4 Å². The van der Waals surface area contributed by atoms with Crippen LogP contribution in [0.4, 0.5) is 11.4 Å². The standard InChI is InChI=1S/C18H17ClN2O.ClH/c1-3-22-15-7-5-14(6-8-15)21-18-10-12(2)20-17-9-4-13(19)11-16(17)18;/h4-11H,3H2,1-2H3,(H,20,21);1H. The van der Waals surface area contributed by atoms with Crippen LogP contribution in [0.1, 0.15) is 12.6 Å². The quantitative estimate of drug-likeness (QED) is 0.779. The highest BCUT2D eigenvalue weighted by Crippen LogP contribution is 2.28. The number of aryl methyl sites for hydroxylation is 1. The molecule has 0 aliphatic carbocycles. The first-order valence-electron chi connectivity index (χ1n) is 7.28. The van der Waals surface area contributed by atoms with Crippen LogP contribution in [-0.2, 0) is 0 Å². The molecule has 0 saturated heterocycles. The minimum Gasteiger partial charge on any atom is -1.00 e. The van der Waals surface area contributed by atoms with E-state index in [1.165, 1.54) is 0 Å². The summed E-state index contributed by atoms with van der Waals surface area (Å²) in [4.78, 5) is 3.35. The Labute approximate surface area is 147 Å². The summed E-state index contributed by atoms with van der Waals surface area (Å²) in [6.45, 7) is 4.69. The second-order valence-electron chi connectivity index (χ2n) is 5.14. The van der Waals surface area contributed by atoms with Crippen LogP contribution in [0.3, 0.4) is 0 Å². The van der Waals surface area contributed by atoms with Crippen molar-refractivity contribution in [2.45, 2.75) is 13.8 Å². The fraction of sp³-hybridized carbons (Fsp3) is 0.167. The zero-order valence-corrected chi connectivity index (χ0v) is 14.5. The van der Waals surface area contributed by atoms with Crippen LogP contribution in [0.2, 0.25) is 5.02 Å². The van der Waals surface area contributed by atoms with Crippen LogP contribution < -0.4 is 27.4 Å². The van der Waals surface area contributed by atoms with Gasteiger partial charge < -0.3 is 22.5 Å². The number of H-pyrrole nitrogens is 1. The van der Waals surface area contributed by atoms with Crippen molar-refractivity contribution in [3.8, 4) is 5.75 Å². The summed E-state index contributed by atoms with van der Waals surface area (Å²) in [5, 5.41) is 5.23. The molecule has 0 fully saturated rings. The molecule has 5 heteroatoms. The van der Waals surface area contributed by atoms with Crippen LogP contribution in [-0.4, -0.2) is 6.61 Å². The van der Waals surface area contributed by atoms with Gasteiger partial charge in [-0.15, -0.1) is 0 Å². The third kappa shape index (κ3) is 4.06. The van der Waals surface area contributed by atoms with E-state index in [4.69, 9.17) is 16.3 Å². The molecule has 1 aromatic heterocycles. The van der Waals surface area contributed by atoms with Crippen molar-refractivity contribution in [3.63, 3.8) is 0 Å². The van der Waals surface area contributed by atoms with Crippen molar-refractivity contribution in [1.29, 1.82) is 0 Å². The second kappa shape index (κ2) is 7.53. The average Bonchev–Trinajstić information content (AvgIpc) is 2.50. The highest BCUT2D eigenvalue weighted by atomic mass is 35.5. The average molecular weight is 349 g/mol. The SMILES string of the molecule is CCOc1ccc(Nc2cc(C)[nH+]c3ccc(Cl)cc23)cc1.[Cl-]. The zero-order chi connectivity index (χ0) is 15.5. The number of hydrogen-bond acceptors (Lipinski definition) is 2. The number of fused-ring (bicyclic) bond motifs is 1. The van der Waals surface area contributed by atoms with Crippen molar-refractivity contribution in [1.82, 2.24) is 0 Å². The summed E-state index contributed by atoms with van der Waals surface area (Å²) >= 11 is 6.13. The smallest absolute Gasteiger partial charge is 0.213 e. The minimum absolute atomic E-state index is 0. The van der Waals surface area contributed by atoms with E-state index in [0.717, 1.165) is 38.7 Å². The Morgan fingerprint density at radius 2 is 1.83 bits per heavy atom. The first kappa shape index (κ1) is 17.4. The van der Waals surface area contributed by atoms with Gasteiger partial charge in [-0.3, -0.25) is 0 Å². The van der Waals surface area contributed by atoms with Gasteiger partial charge in [-0.25, -0.2) is 4.98 Å². The van der Waals surface area contributed by atoms with Crippen molar-refractivity contribution in [2.24, 2.45) is 0 Å². The van der Waals surface area contributed by atoms with Gasteiger partial charge in [-0.05, 0) is 43.3 Å². The van der Waals surface area contributed by atoms with E-state index in [9.17, 15) is 0 Å². The molecule has 0 aliphatic heterocycles. The monoisotopic (exact) mass is 348 g/mol. The molecule has 0 amide bonds. The highest BCUT2D eigenvalue weighted by Gasteiger charge is 2.10. The molecule has 3 rings (SSSR count). The van der Waals surface area contributed by atoms with Gasteiger partial charge in [0.25, 0.3) is 0 Å². The molecule has 120 valence electrons. The molecular formula is C18H18Cl2N2O. The van der Waals surface area contributed by atoms with Crippen molar-refractivity contribution in [2.75, 3.05) is 11.9 Å². The summed E-state index contributed by atoms with van der Waals surface area (Å²) in [5.74, 6) is 0.874.